The van der Waals surface area contributed by atoms with Crippen LogP contribution in [0.15, 0.2) is 59.6 Å². The second kappa shape index (κ2) is 5.53. The third-order valence-corrected chi connectivity index (χ3v) is 3.79. The molecule has 7 nitrogen and oxygen atoms in total. The SMILES string of the molecule is NC1=N[C@@](Cc2ccccc2)(c2ccc([N+](=O)[O-])cc2)C(=O)N1. The van der Waals surface area contributed by atoms with Crippen molar-refractivity contribution in [3.8, 4) is 0 Å². The first-order valence-electron chi connectivity index (χ1n) is 6.97. The molecular weight excluding hydrogens is 296 g/mol. The molecule has 3 rings (SSSR count). The number of carbonyl (C=O) groups excluding carboxylic acids is 1. The Bertz CT molecular complexity index is 787. The minimum atomic E-state index is -1.21. The average Bonchev–Trinajstić information content (AvgIpc) is 2.83. The lowest BCUT2D eigenvalue weighted by molar-refractivity contribution is -0.384. The number of nitro groups is 1. The standard InChI is InChI=1S/C16H14N4O3/c17-15-18-14(21)16(19-15,10-11-4-2-1-3-5-11)12-6-8-13(9-7-12)20(22)23/h1-9H,10H2,(H3,17,18,19,21)/t16-/m0/s1. The van der Waals surface area contributed by atoms with Crippen molar-refractivity contribution < 1.29 is 9.72 Å². The van der Waals surface area contributed by atoms with Gasteiger partial charge in [-0.15, -0.1) is 0 Å². The molecule has 1 aliphatic rings. The molecule has 0 unspecified atom stereocenters. The van der Waals surface area contributed by atoms with E-state index < -0.39 is 10.5 Å². The molecule has 0 spiro atoms. The highest BCUT2D eigenvalue weighted by Crippen LogP contribution is 2.34. The summed E-state index contributed by atoms with van der Waals surface area (Å²) in [4.78, 5) is 27.1. The van der Waals surface area contributed by atoms with Gasteiger partial charge in [0.15, 0.2) is 11.5 Å². The van der Waals surface area contributed by atoms with Crippen LogP contribution in [0.2, 0.25) is 0 Å². The lowest BCUT2D eigenvalue weighted by Crippen LogP contribution is -2.40. The van der Waals surface area contributed by atoms with E-state index in [1.807, 2.05) is 30.3 Å². The number of nitro benzene ring substituents is 1. The Morgan fingerprint density at radius 3 is 2.30 bits per heavy atom. The molecule has 0 saturated heterocycles. The largest absolute Gasteiger partial charge is 0.370 e. The quantitative estimate of drug-likeness (QED) is 0.658. The van der Waals surface area contributed by atoms with Crippen molar-refractivity contribution in [1.29, 1.82) is 0 Å². The van der Waals surface area contributed by atoms with Crippen molar-refractivity contribution in [2.24, 2.45) is 10.7 Å². The van der Waals surface area contributed by atoms with Gasteiger partial charge < -0.3 is 5.73 Å². The zero-order valence-corrected chi connectivity index (χ0v) is 12.1. The number of carbonyl (C=O) groups is 1. The van der Waals surface area contributed by atoms with Crippen LogP contribution in [-0.2, 0) is 16.8 Å². The van der Waals surface area contributed by atoms with E-state index >= 15 is 0 Å². The topological polar surface area (TPSA) is 111 Å². The highest BCUT2D eigenvalue weighted by molar-refractivity contribution is 6.07. The number of nitrogens with two attached hydrogens (primary N) is 1. The summed E-state index contributed by atoms with van der Waals surface area (Å²) in [5.41, 5.74) is 5.91. The number of rotatable bonds is 4. The monoisotopic (exact) mass is 310 g/mol. The Hall–Kier alpha value is -3.22. The van der Waals surface area contributed by atoms with Crippen LogP contribution in [-0.4, -0.2) is 16.8 Å². The predicted molar refractivity (Wildman–Crippen MR) is 84.7 cm³/mol. The van der Waals surface area contributed by atoms with Gasteiger partial charge in [-0.25, -0.2) is 4.99 Å². The van der Waals surface area contributed by atoms with Gasteiger partial charge in [0, 0.05) is 18.6 Å². The molecule has 2 aromatic rings. The molecule has 1 aliphatic heterocycles. The molecule has 0 radical (unpaired) electrons. The van der Waals surface area contributed by atoms with E-state index in [2.05, 4.69) is 10.3 Å². The van der Waals surface area contributed by atoms with E-state index in [1.54, 1.807) is 12.1 Å². The fraction of sp³-hybridized carbons (Fsp3) is 0.125. The summed E-state index contributed by atoms with van der Waals surface area (Å²) in [6.45, 7) is 0. The number of guanidine groups is 1. The van der Waals surface area contributed by atoms with Gasteiger partial charge >= 0.3 is 0 Å². The van der Waals surface area contributed by atoms with Gasteiger partial charge in [-0.1, -0.05) is 30.3 Å². The summed E-state index contributed by atoms with van der Waals surface area (Å²) in [5.74, 6) is -0.294. The van der Waals surface area contributed by atoms with Crippen molar-refractivity contribution >= 4 is 17.6 Å². The highest BCUT2D eigenvalue weighted by Gasteiger charge is 2.45. The highest BCUT2D eigenvalue weighted by atomic mass is 16.6. The van der Waals surface area contributed by atoms with Crippen LogP contribution in [0.5, 0.6) is 0 Å². The van der Waals surface area contributed by atoms with E-state index in [-0.39, 0.29) is 17.6 Å². The zero-order chi connectivity index (χ0) is 16.4. The summed E-state index contributed by atoms with van der Waals surface area (Å²) in [7, 11) is 0. The number of hydrogen-bond acceptors (Lipinski definition) is 5. The van der Waals surface area contributed by atoms with E-state index in [1.165, 1.54) is 12.1 Å². The number of non-ortho nitro benzene ring substituents is 1. The second-order valence-electron chi connectivity index (χ2n) is 5.28. The molecule has 7 heteroatoms. The van der Waals surface area contributed by atoms with Crippen molar-refractivity contribution in [1.82, 2.24) is 5.32 Å². The lowest BCUT2D eigenvalue weighted by atomic mass is 9.84. The van der Waals surface area contributed by atoms with Gasteiger partial charge in [0.1, 0.15) is 0 Å². The first kappa shape index (κ1) is 14.7. The van der Waals surface area contributed by atoms with E-state index in [9.17, 15) is 14.9 Å². The number of hydrogen-bond donors (Lipinski definition) is 2. The zero-order valence-electron chi connectivity index (χ0n) is 12.1. The summed E-state index contributed by atoms with van der Waals surface area (Å²) >= 11 is 0. The van der Waals surface area contributed by atoms with Gasteiger partial charge in [0.25, 0.3) is 11.6 Å². The number of benzene rings is 2. The molecule has 3 N–H and O–H groups in total. The Morgan fingerprint density at radius 1 is 1.13 bits per heavy atom. The number of nitrogens with one attached hydrogen (secondary N) is 1. The molecule has 1 amide bonds. The molecule has 1 heterocycles. The van der Waals surface area contributed by atoms with Gasteiger partial charge in [0.2, 0.25) is 0 Å². The average molecular weight is 310 g/mol. The van der Waals surface area contributed by atoms with Crippen molar-refractivity contribution in [2.45, 2.75) is 12.0 Å². The maximum absolute atomic E-state index is 12.5. The van der Waals surface area contributed by atoms with E-state index in [0.29, 0.717) is 12.0 Å². The minimum absolute atomic E-state index is 0.0426. The molecule has 116 valence electrons. The number of amides is 1. The fourth-order valence-corrected chi connectivity index (χ4v) is 2.67. The van der Waals surface area contributed by atoms with Gasteiger partial charge in [-0.05, 0) is 23.3 Å². The molecule has 0 bridgehead atoms. The van der Waals surface area contributed by atoms with Gasteiger partial charge in [-0.3, -0.25) is 20.2 Å². The summed E-state index contributed by atoms with van der Waals surface area (Å²) in [6.07, 6.45) is 0.318. The summed E-state index contributed by atoms with van der Waals surface area (Å²) in [5, 5.41) is 13.3. The normalized spacial score (nSPS) is 20.0. The maximum Gasteiger partial charge on any atom is 0.269 e. The molecule has 0 aromatic heterocycles. The van der Waals surface area contributed by atoms with Gasteiger partial charge in [0.05, 0.1) is 4.92 Å². The number of aliphatic imine (C=N–C) groups is 1. The minimum Gasteiger partial charge on any atom is -0.370 e. The van der Waals surface area contributed by atoms with Crippen LogP contribution in [0.25, 0.3) is 0 Å². The van der Waals surface area contributed by atoms with Crippen LogP contribution in [0.3, 0.4) is 0 Å². The fourth-order valence-electron chi connectivity index (χ4n) is 2.67. The van der Waals surface area contributed by atoms with Crippen LogP contribution in [0, 0.1) is 10.1 Å². The predicted octanol–water partition coefficient (Wildman–Crippen LogP) is 1.48. The van der Waals surface area contributed by atoms with Crippen molar-refractivity contribution in [3.63, 3.8) is 0 Å². The number of nitrogens with zero attached hydrogens (tertiary/aromatic N) is 2. The van der Waals surface area contributed by atoms with Crippen molar-refractivity contribution in [2.75, 3.05) is 0 Å². The van der Waals surface area contributed by atoms with E-state index in [0.717, 1.165) is 5.56 Å². The first-order chi connectivity index (χ1) is 11.0. The molecule has 0 saturated carbocycles. The Labute approximate surface area is 132 Å². The molecule has 0 fully saturated rings. The maximum atomic E-state index is 12.5. The summed E-state index contributed by atoms with van der Waals surface area (Å²) < 4.78 is 0. The molecule has 0 aliphatic carbocycles. The second-order valence-corrected chi connectivity index (χ2v) is 5.28. The molecule has 2 aromatic carbocycles. The van der Waals surface area contributed by atoms with Crippen LogP contribution in [0.1, 0.15) is 11.1 Å². The molecule has 23 heavy (non-hydrogen) atoms. The van der Waals surface area contributed by atoms with Crippen LogP contribution < -0.4 is 11.1 Å². The Kier molecular flexibility index (Phi) is 3.53. The third-order valence-electron chi connectivity index (χ3n) is 3.79. The smallest absolute Gasteiger partial charge is 0.269 e. The first-order valence-corrected chi connectivity index (χ1v) is 6.97. The molecule has 1 atom stereocenters. The third kappa shape index (κ3) is 2.64. The Balaban J connectivity index is 2.06. The van der Waals surface area contributed by atoms with Crippen LogP contribution >= 0.6 is 0 Å². The Morgan fingerprint density at radius 2 is 1.78 bits per heavy atom. The molecular formula is C16H14N4O3. The lowest BCUT2D eigenvalue weighted by Gasteiger charge is -2.24. The van der Waals surface area contributed by atoms with Crippen molar-refractivity contribution in [3.05, 3.63) is 75.8 Å². The summed E-state index contributed by atoms with van der Waals surface area (Å²) in [6, 6.07) is 15.2. The van der Waals surface area contributed by atoms with E-state index in [4.69, 9.17) is 5.73 Å². The van der Waals surface area contributed by atoms with Crippen LogP contribution in [0.4, 0.5) is 5.69 Å². The van der Waals surface area contributed by atoms with Gasteiger partial charge in [-0.2, -0.15) is 0 Å².